The van der Waals surface area contributed by atoms with E-state index in [-0.39, 0.29) is 0 Å². The summed E-state index contributed by atoms with van der Waals surface area (Å²) < 4.78 is 0. The lowest BCUT2D eigenvalue weighted by Gasteiger charge is -1.93. The first-order chi connectivity index (χ1) is 13.5. The van der Waals surface area contributed by atoms with E-state index in [4.69, 9.17) is 9.90 Å². The lowest BCUT2D eigenvalue weighted by atomic mass is 10.1. The Hall–Kier alpha value is -0.530. The molecule has 0 atom stereocenters. The average molecular weight is 403 g/mol. The minimum absolute atomic E-state index is 0.833. The summed E-state index contributed by atoms with van der Waals surface area (Å²) in [6, 6.07) is 0. The summed E-state index contributed by atoms with van der Waals surface area (Å²) in [5, 5.41) is 7.42. The predicted octanol–water partition coefficient (Wildman–Crippen LogP) is 10.2. The van der Waals surface area contributed by atoms with Crippen LogP contribution in [0.5, 0.6) is 0 Å². The summed E-state index contributed by atoms with van der Waals surface area (Å²) in [6.07, 6.45) is 25.5. The van der Waals surface area contributed by atoms with Gasteiger partial charge in [0.1, 0.15) is 0 Å². The molecule has 0 unspecified atom stereocenters. The van der Waals surface area contributed by atoms with Gasteiger partial charge in [-0.25, -0.2) is 0 Å². The third-order valence-electron chi connectivity index (χ3n) is 4.37. The molecule has 0 aliphatic heterocycles. The Morgan fingerprint density at radius 2 is 0.536 bits per heavy atom. The topological polar surface area (TPSA) is 37.3 Å². The maximum absolute atomic E-state index is 9.00. The molecule has 28 heavy (non-hydrogen) atoms. The monoisotopic (exact) mass is 402 g/mol. The van der Waals surface area contributed by atoms with E-state index in [1.165, 1.54) is 116 Å². The second-order valence-corrected chi connectivity index (χ2v) is 7.76. The Balaban J connectivity index is -0.000000141. The van der Waals surface area contributed by atoms with Gasteiger partial charge in [-0.15, -0.1) is 0 Å². The van der Waals surface area contributed by atoms with Gasteiger partial charge in [0.25, 0.3) is 5.97 Å². The maximum atomic E-state index is 9.00. The van der Waals surface area contributed by atoms with E-state index < -0.39 is 5.97 Å². The molecule has 0 aromatic heterocycles. The van der Waals surface area contributed by atoms with Crippen LogP contribution in [0.4, 0.5) is 0 Å². The lowest BCUT2D eigenvalue weighted by Crippen LogP contribution is -1.78. The highest BCUT2D eigenvalue weighted by atomic mass is 16.4. The van der Waals surface area contributed by atoms with Crippen molar-refractivity contribution in [3.05, 3.63) is 0 Å². The lowest BCUT2D eigenvalue weighted by molar-refractivity contribution is -0.134. The van der Waals surface area contributed by atoms with Crippen LogP contribution in [0.3, 0.4) is 0 Å². The molecule has 0 saturated heterocycles. The molecule has 0 aromatic rings. The van der Waals surface area contributed by atoms with E-state index in [1.807, 2.05) is 0 Å². The average Bonchev–Trinajstić information content (AvgIpc) is 2.67. The second kappa shape index (κ2) is 41.0. The molecule has 2 nitrogen and oxygen atoms in total. The van der Waals surface area contributed by atoms with Crippen LogP contribution in [-0.2, 0) is 4.79 Å². The number of hydrogen-bond acceptors (Lipinski definition) is 1. The minimum Gasteiger partial charge on any atom is -0.481 e. The summed E-state index contributed by atoms with van der Waals surface area (Å²) >= 11 is 0. The predicted molar refractivity (Wildman–Crippen MR) is 130 cm³/mol. The molecule has 0 aromatic carbocycles. The van der Waals surface area contributed by atoms with Crippen LogP contribution in [-0.4, -0.2) is 11.1 Å². The van der Waals surface area contributed by atoms with Gasteiger partial charge in [-0.3, -0.25) is 4.79 Å². The molecule has 0 amide bonds. The molecule has 0 aliphatic carbocycles. The summed E-state index contributed by atoms with van der Waals surface area (Å²) in [4.78, 5) is 9.00. The summed E-state index contributed by atoms with van der Waals surface area (Å²) in [6.45, 7) is 14.6. The molecule has 2 heteroatoms. The molecule has 0 radical (unpaired) electrons. The smallest absolute Gasteiger partial charge is 0.300 e. The number of carbonyl (C=O) groups is 1. The van der Waals surface area contributed by atoms with Crippen molar-refractivity contribution in [2.75, 3.05) is 0 Å². The van der Waals surface area contributed by atoms with Crippen molar-refractivity contribution in [2.45, 2.75) is 164 Å². The van der Waals surface area contributed by atoms with Gasteiger partial charge < -0.3 is 5.11 Å². The Bertz CT molecular complexity index is 176. The Kier molecular flexibility index (Phi) is 51.1. The summed E-state index contributed by atoms with van der Waals surface area (Å²) in [5.41, 5.74) is 0. The molecular formula is C26H58O2. The van der Waals surface area contributed by atoms with E-state index in [1.54, 1.807) is 0 Å². The van der Waals surface area contributed by atoms with Gasteiger partial charge in [-0.1, -0.05) is 157 Å². The van der Waals surface area contributed by atoms with Gasteiger partial charge >= 0.3 is 0 Å². The van der Waals surface area contributed by atoms with E-state index in [9.17, 15) is 0 Å². The Labute approximate surface area is 180 Å². The van der Waals surface area contributed by atoms with Crippen LogP contribution >= 0.6 is 0 Å². The highest BCUT2D eigenvalue weighted by Gasteiger charge is 1.84. The zero-order chi connectivity index (χ0) is 22.3. The molecule has 174 valence electrons. The van der Waals surface area contributed by atoms with Crippen LogP contribution in [0.2, 0.25) is 0 Å². The van der Waals surface area contributed by atoms with Gasteiger partial charge in [0.05, 0.1) is 0 Å². The van der Waals surface area contributed by atoms with Crippen LogP contribution in [0.1, 0.15) is 164 Å². The third kappa shape index (κ3) is 72.8. The van der Waals surface area contributed by atoms with Crippen LogP contribution in [0.15, 0.2) is 0 Å². The molecule has 0 spiro atoms. The van der Waals surface area contributed by atoms with Crippen molar-refractivity contribution in [1.82, 2.24) is 0 Å². The molecule has 0 fully saturated rings. The Morgan fingerprint density at radius 3 is 0.607 bits per heavy atom. The quantitative estimate of drug-likeness (QED) is 0.276. The van der Waals surface area contributed by atoms with Crippen molar-refractivity contribution in [3.8, 4) is 0 Å². The number of carboxylic acid groups (broad SMARTS) is 1. The van der Waals surface area contributed by atoms with Gasteiger partial charge in [0.15, 0.2) is 0 Å². The summed E-state index contributed by atoms with van der Waals surface area (Å²) in [5.74, 6) is -0.833. The van der Waals surface area contributed by atoms with E-state index in [0.29, 0.717) is 0 Å². The number of carboxylic acids is 1. The van der Waals surface area contributed by atoms with Crippen molar-refractivity contribution < 1.29 is 9.90 Å². The minimum atomic E-state index is -0.833. The highest BCUT2D eigenvalue weighted by Crippen LogP contribution is 2.04. The SMILES string of the molecule is CC(=O)O.CCCCCCCC.CCCCCCCC.CCCCCCCC. The number of hydrogen-bond donors (Lipinski definition) is 1. The van der Waals surface area contributed by atoms with Crippen LogP contribution in [0, 0.1) is 0 Å². The zero-order valence-electron chi connectivity index (χ0n) is 21.1. The highest BCUT2D eigenvalue weighted by molar-refractivity contribution is 5.62. The number of unbranched alkanes of at least 4 members (excludes halogenated alkanes) is 15. The Morgan fingerprint density at radius 1 is 0.429 bits per heavy atom. The first-order valence-corrected chi connectivity index (χ1v) is 12.7. The van der Waals surface area contributed by atoms with Crippen molar-refractivity contribution in [2.24, 2.45) is 0 Å². The van der Waals surface area contributed by atoms with E-state index in [0.717, 1.165) is 6.92 Å². The van der Waals surface area contributed by atoms with E-state index >= 15 is 0 Å². The fourth-order valence-electron chi connectivity index (χ4n) is 2.56. The van der Waals surface area contributed by atoms with Gasteiger partial charge in [-0.05, 0) is 0 Å². The molecule has 0 rings (SSSR count). The van der Waals surface area contributed by atoms with Crippen LogP contribution in [0.25, 0.3) is 0 Å². The number of rotatable bonds is 15. The van der Waals surface area contributed by atoms with Gasteiger partial charge in [-0.2, -0.15) is 0 Å². The molecular weight excluding hydrogens is 344 g/mol. The first-order valence-electron chi connectivity index (χ1n) is 12.7. The first kappa shape index (κ1) is 34.9. The second-order valence-electron chi connectivity index (χ2n) is 7.76. The molecule has 0 saturated carbocycles. The molecule has 0 heterocycles. The van der Waals surface area contributed by atoms with Crippen molar-refractivity contribution in [3.63, 3.8) is 0 Å². The third-order valence-corrected chi connectivity index (χ3v) is 4.37. The largest absolute Gasteiger partial charge is 0.481 e. The molecule has 0 aliphatic rings. The van der Waals surface area contributed by atoms with Gasteiger partial charge in [0, 0.05) is 6.92 Å². The standard InChI is InChI=1S/3C8H18.C2H4O2/c3*1-3-5-7-8-6-4-2;1-2(3)4/h3*3-8H2,1-2H3;1H3,(H,3,4). The summed E-state index contributed by atoms with van der Waals surface area (Å²) in [7, 11) is 0. The fourth-order valence-corrected chi connectivity index (χ4v) is 2.56. The normalized spacial score (nSPS) is 9.25. The fraction of sp³-hybridized carbons (Fsp3) is 0.962. The van der Waals surface area contributed by atoms with Crippen molar-refractivity contribution in [1.29, 1.82) is 0 Å². The van der Waals surface area contributed by atoms with Crippen LogP contribution < -0.4 is 0 Å². The van der Waals surface area contributed by atoms with E-state index in [2.05, 4.69) is 41.5 Å². The van der Waals surface area contributed by atoms with Gasteiger partial charge in [0.2, 0.25) is 0 Å². The van der Waals surface area contributed by atoms with Crippen molar-refractivity contribution >= 4 is 5.97 Å². The molecule has 0 bridgehead atoms. The molecule has 1 N–H and O–H groups in total. The maximum Gasteiger partial charge on any atom is 0.300 e. The number of aliphatic carboxylic acids is 1. The zero-order valence-corrected chi connectivity index (χ0v) is 21.1.